The number of aryl methyl sites for hydroxylation is 2. The Labute approximate surface area is 215 Å². The zero-order valence-electron chi connectivity index (χ0n) is 20.1. The van der Waals surface area contributed by atoms with Crippen LogP contribution in [0.3, 0.4) is 0 Å². The van der Waals surface area contributed by atoms with Crippen molar-refractivity contribution in [1.29, 1.82) is 0 Å². The van der Waals surface area contributed by atoms with Crippen molar-refractivity contribution in [3.05, 3.63) is 98.0 Å². The van der Waals surface area contributed by atoms with E-state index in [-0.39, 0.29) is 22.2 Å². The van der Waals surface area contributed by atoms with Gasteiger partial charge in [0.2, 0.25) is 0 Å². The number of benzene rings is 3. The van der Waals surface area contributed by atoms with E-state index in [1.807, 2.05) is 19.1 Å². The first kappa shape index (κ1) is 24.1. The summed E-state index contributed by atoms with van der Waals surface area (Å²) in [5.74, 6) is -1.46. The Morgan fingerprint density at radius 3 is 2.49 bits per heavy atom. The molecule has 4 aromatic rings. The van der Waals surface area contributed by atoms with Gasteiger partial charge in [0.15, 0.2) is 5.13 Å². The smallest absolute Gasteiger partial charge is 0.301 e. The number of thiazole rings is 1. The van der Waals surface area contributed by atoms with Gasteiger partial charge in [0, 0.05) is 22.6 Å². The number of ether oxygens (including phenoxy) is 1. The third-order valence-electron chi connectivity index (χ3n) is 6.39. The molecule has 1 aliphatic heterocycles. The van der Waals surface area contributed by atoms with Crippen LogP contribution in [0, 0.1) is 24.0 Å². The molecule has 1 aromatic heterocycles. The molecule has 1 saturated heterocycles. The van der Waals surface area contributed by atoms with Crippen molar-refractivity contribution < 1.29 is 24.4 Å². The van der Waals surface area contributed by atoms with Crippen LogP contribution < -0.4 is 9.64 Å². The largest absolute Gasteiger partial charge is 0.507 e. The van der Waals surface area contributed by atoms with E-state index in [2.05, 4.69) is 4.98 Å². The predicted molar refractivity (Wildman–Crippen MR) is 140 cm³/mol. The van der Waals surface area contributed by atoms with Crippen molar-refractivity contribution in [2.75, 3.05) is 12.0 Å². The summed E-state index contributed by atoms with van der Waals surface area (Å²) in [5.41, 5.74) is 0.978. The normalized spacial score (nSPS) is 16.9. The number of hydrogen-bond donors (Lipinski definition) is 1. The molecule has 3 aromatic carbocycles. The van der Waals surface area contributed by atoms with E-state index in [0.717, 1.165) is 15.6 Å². The zero-order chi connectivity index (χ0) is 26.4. The van der Waals surface area contributed by atoms with E-state index in [9.17, 15) is 24.8 Å². The molecule has 5 rings (SSSR count). The molecule has 1 aliphatic rings. The number of non-ortho nitro benzene ring substituents is 1. The first-order valence-corrected chi connectivity index (χ1v) is 12.1. The fraction of sp³-hybridized carbons (Fsp3) is 0.148. The van der Waals surface area contributed by atoms with Gasteiger partial charge >= 0.3 is 5.91 Å². The molecule has 37 heavy (non-hydrogen) atoms. The standard InChI is InChI=1S/C27H21N3O6S/c1-14-15(2)37-27(28-14)29-23(18-5-4-6-20(12-18)30(34)35)22(25(32)26(29)33)24(31)19-8-7-17-13-21(36-3)10-9-16(17)11-19/h4-13,23,31H,1-3H3/b24-22+. The summed E-state index contributed by atoms with van der Waals surface area (Å²) in [5, 5.41) is 24.8. The number of anilines is 1. The summed E-state index contributed by atoms with van der Waals surface area (Å²) in [6.07, 6.45) is 0. The van der Waals surface area contributed by atoms with E-state index < -0.39 is 22.7 Å². The summed E-state index contributed by atoms with van der Waals surface area (Å²) >= 11 is 1.23. The molecule has 1 atom stereocenters. The minimum Gasteiger partial charge on any atom is -0.507 e. The van der Waals surface area contributed by atoms with Gasteiger partial charge in [-0.05, 0) is 48.4 Å². The first-order valence-electron chi connectivity index (χ1n) is 11.3. The van der Waals surface area contributed by atoms with Crippen molar-refractivity contribution in [2.24, 2.45) is 0 Å². The third-order valence-corrected chi connectivity index (χ3v) is 7.46. The Bertz CT molecular complexity index is 1620. The summed E-state index contributed by atoms with van der Waals surface area (Å²) in [4.78, 5) is 44.1. The average Bonchev–Trinajstić information content (AvgIpc) is 3.37. The zero-order valence-corrected chi connectivity index (χ0v) is 20.9. The van der Waals surface area contributed by atoms with E-state index >= 15 is 0 Å². The highest BCUT2D eigenvalue weighted by Gasteiger charge is 2.48. The summed E-state index contributed by atoms with van der Waals surface area (Å²) in [7, 11) is 1.57. The maximum Gasteiger partial charge on any atom is 0.301 e. The number of methoxy groups -OCH3 is 1. The lowest BCUT2D eigenvalue weighted by molar-refractivity contribution is -0.384. The molecule has 1 unspecified atom stereocenters. The molecule has 1 fully saturated rings. The van der Waals surface area contributed by atoms with Crippen LogP contribution in [0.5, 0.6) is 5.75 Å². The molecule has 0 saturated carbocycles. The van der Waals surface area contributed by atoms with E-state index in [1.165, 1.54) is 34.4 Å². The molecule has 10 heteroatoms. The number of carbonyl (C=O) groups excluding carboxylic acids is 2. The SMILES string of the molecule is COc1ccc2cc(/C(O)=C3\C(=O)C(=O)N(c4nc(C)c(C)s4)C3c3cccc([N+](=O)[O-])c3)ccc2c1. The molecule has 1 amide bonds. The Hall–Kier alpha value is -4.57. The maximum atomic E-state index is 13.4. The molecular weight excluding hydrogens is 494 g/mol. The van der Waals surface area contributed by atoms with Gasteiger partial charge in [-0.3, -0.25) is 24.6 Å². The van der Waals surface area contributed by atoms with Crippen molar-refractivity contribution in [2.45, 2.75) is 19.9 Å². The van der Waals surface area contributed by atoms with Gasteiger partial charge in [0.05, 0.1) is 29.3 Å². The van der Waals surface area contributed by atoms with E-state index in [1.54, 1.807) is 44.4 Å². The number of nitro benzene ring substituents is 1. The molecule has 0 bridgehead atoms. The second kappa shape index (κ2) is 9.14. The minimum atomic E-state index is -1.10. The number of nitrogens with zero attached hydrogens (tertiary/aromatic N) is 3. The summed E-state index contributed by atoms with van der Waals surface area (Å²) in [6.45, 7) is 3.64. The van der Waals surface area contributed by atoms with Crippen LogP contribution in [0.1, 0.15) is 27.7 Å². The Morgan fingerprint density at radius 1 is 1.08 bits per heavy atom. The molecule has 2 heterocycles. The average molecular weight is 516 g/mol. The van der Waals surface area contributed by atoms with Crippen LogP contribution in [-0.4, -0.2) is 33.8 Å². The number of hydrogen-bond acceptors (Lipinski definition) is 8. The van der Waals surface area contributed by atoms with Crippen molar-refractivity contribution >= 4 is 50.4 Å². The molecule has 1 N–H and O–H groups in total. The molecule has 0 aliphatic carbocycles. The highest BCUT2D eigenvalue weighted by Crippen LogP contribution is 2.44. The molecule has 0 spiro atoms. The van der Waals surface area contributed by atoms with Crippen LogP contribution in [0.25, 0.3) is 16.5 Å². The van der Waals surface area contributed by atoms with Crippen molar-refractivity contribution in [3.63, 3.8) is 0 Å². The van der Waals surface area contributed by atoms with Crippen LogP contribution in [0.2, 0.25) is 0 Å². The quantitative estimate of drug-likeness (QED) is 0.123. The number of rotatable bonds is 5. The number of nitro groups is 1. The fourth-order valence-corrected chi connectivity index (χ4v) is 5.30. The monoisotopic (exact) mass is 515 g/mol. The highest BCUT2D eigenvalue weighted by atomic mass is 32.1. The van der Waals surface area contributed by atoms with Gasteiger partial charge in [-0.25, -0.2) is 4.98 Å². The van der Waals surface area contributed by atoms with Gasteiger partial charge in [0.25, 0.3) is 11.5 Å². The Kier molecular flexibility index (Phi) is 5.96. The number of aromatic nitrogens is 1. The van der Waals surface area contributed by atoms with Gasteiger partial charge in [-0.2, -0.15) is 0 Å². The number of carbonyl (C=O) groups is 2. The Morgan fingerprint density at radius 2 is 1.81 bits per heavy atom. The number of ketones is 1. The molecule has 9 nitrogen and oxygen atoms in total. The summed E-state index contributed by atoms with van der Waals surface area (Å²) < 4.78 is 5.26. The molecule has 0 radical (unpaired) electrons. The van der Waals surface area contributed by atoms with Crippen molar-refractivity contribution in [1.82, 2.24) is 4.98 Å². The lowest BCUT2D eigenvalue weighted by Crippen LogP contribution is -2.29. The fourth-order valence-electron chi connectivity index (χ4n) is 4.37. The van der Waals surface area contributed by atoms with Crippen LogP contribution in [0.4, 0.5) is 10.8 Å². The number of aliphatic hydroxyl groups excluding tert-OH is 1. The predicted octanol–water partition coefficient (Wildman–Crippen LogP) is 5.46. The van der Waals surface area contributed by atoms with Crippen LogP contribution in [0.15, 0.2) is 66.2 Å². The lowest BCUT2D eigenvalue weighted by atomic mass is 9.94. The first-order chi connectivity index (χ1) is 17.7. The van der Waals surface area contributed by atoms with E-state index in [4.69, 9.17) is 4.74 Å². The number of Topliss-reactive ketones (excluding diaryl/α,β-unsaturated/α-hetero) is 1. The number of fused-ring (bicyclic) bond motifs is 1. The van der Waals surface area contributed by atoms with Gasteiger partial charge in [-0.15, -0.1) is 11.3 Å². The van der Waals surface area contributed by atoms with Gasteiger partial charge < -0.3 is 9.84 Å². The second-order valence-electron chi connectivity index (χ2n) is 8.59. The minimum absolute atomic E-state index is 0.163. The third kappa shape index (κ3) is 4.11. The Balaban J connectivity index is 1.72. The number of amides is 1. The van der Waals surface area contributed by atoms with E-state index in [0.29, 0.717) is 22.6 Å². The topological polar surface area (TPSA) is 123 Å². The van der Waals surface area contributed by atoms with Gasteiger partial charge in [-0.1, -0.05) is 30.3 Å². The maximum absolute atomic E-state index is 13.4. The van der Waals surface area contributed by atoms with Crippen LogP contribution >= 0.6 is 11.3 Å². The highest BCUT2D eigenvalue weighted by molar-refractivity contribution is 7.16. The number of aliphatic hydroxyl groups is 1. The van der Waals surface area contributed by atoms with Crippen LogP contribution in [-0.2, 0) is 9.59 Å². The molecular formula is C27H21N3O6S. The molecule has 186 valence electrons. The second-order valence-corrected chi connectivity index (χ2v) is 9.77. The van der Waals surface area contributed by atoms with Crippen molar-refractivity contribution in [3.8, 4) is 5.75 Å². The lowest BCUT2D eigenvalue weighted by Gasteiger charge is -2.23. The summed E-state index contributed by atoms with van der Waals surface area (Å²) in [6, 6.07) is 15.2. The van der Waals surface area contributed by atoms with Gasteiger partial charge in [0.1, 0.15) is 11.5 Å².